The molecule has 0 spiro atoms. The quantitative estimate of drug-likeness (QED) is 0.562. The highest BCUT2D eigenvalue weighted by Gasteiger charge is 1.95. The maximum Gasteiger partial charge on any atom is -0.0142 e. The summed E-state index contributed by atoms with van der Waals surface area (Å²) in [6.07, 6.45) is 5.16. The van der Waals surface area contributed by atoms with Gasteiger partial charge in [0.1, 0.15) is 0 Å². The average Bonchev–Trinajstić information content (AvgIpc) is 1.86. The fourth-order valence-electron chi connectivity index (χ4n) is 0.802. The Morgan fingerprint density at radius 2 is 2.20 bits per heavy atom. The Balaban J connectivity index is 3.83. The minimum atomic E-state index is 0.733. The molecule has 58 valence electrons. The Kier molecular flexibility index (Phi) is 5.51. The molecule has 0 aromatic heterocycles. The van der Waals surface area contributed by atoms with Crippen molar-refractivity contribution in [1.29, 1.82) is 0 Å². The molecule has 0 saturated heterocycles. The first-order valence-electron chi connectivity index (χ1n) is 3.55. The fraction of sp³-hybridized carbons (Fsp3) is 0.556. The van der Waals surface area contributed by atoms with Gasteiger partial charge in [0.05, 0.1) is 0 Å². The van der Waals surface area contributed by atoms with Crippen LogP contribution in [-0.2, 0) is 0 Å². The zero-order valence-corrected chi connectivity index (χ0v) is 7.87. The van der Waals surface area contributed by atoms with Crippen molar-refractivity contribution in [3.05, 3.63) is 23.6 Å². The summed E-state index contributed by atoms with van der Waals surface area (Å²) in [5.41, 5.74) is 1.35. The Morgan fingerprint density at radius 1 is 1.60 bits per heavy atom. The maximum absolute atomic E-state index is 3.75. The molecule has 0 radical (unpaired) electrons. The minimum Gasteiger partial charge on any atom is -0.137 e. The number of hydrogen-bond donors (Lipinski definition) is 0. The Morgan fingerprint density at radius 3 is 2.50 bits per heavy atom. The van der Waals surface area contributed by atoms with Gasteiger partial charge >= 0.3 is 0 Å². The molecule has 0 bridgehead atoms. The first-order chi connectivity index (χ1) is 4.70. The topological polar surface area (TPSA) is 0 Å². The maximum atomic E-state index is 3.75. The summed E-state index contributed by atoms with van der Waals surface area (Å²) in [6, 6.07) is 0. The van der Waals surface area contributed by atoms with Crippen LogP contribution in [0.25, 0.3) is 0 Å². The van der Waals surface area contributed by atoms with Crippen molar-refractivity contribution in [2.45, 2.75) is 20.3 Å². The molecule has 10 heavy (non-hydrogen) atoms. The lowest BCUT2D eigenvalue weighted by molar-refractivity contribution is 0.651. The summed E-state index contributed by atoms with van der Waals surface area (Å²) in [4.78, 5) is 0. The lowest BCUT2D eigenvalue weighted by Crippen LogP contribution is -1.87. The van der Waals surface area contributed by atoms with Gasteiger partial charge in [0.2, 0.25) is 0 Å². The monoisotopic (exact) mass is 156 g/mol. The van der Waals surface area contributed by atoms with Gasteiger partial charge in [-0.1, -0.05) is 26.5 Å². The van der Waals surface area contributed by atoms with Gasteiger partial charge in [-0.25, -0.2) is 0 Å². The average molecular weight is 156 g/mol. The van der Waals surface area contributed by atoms with E-state index in [1.54, 1.807) is 11.8 Å². The van der Waals surface area contributed by atoms with Crippen molar-refractivity contribution < 1.29 is 0 Å². The van der Waals surface area contributed by atoms with E-state index < -0.39 is 0 Å². The van der Waals surface area contributed by atoms with E-state index in [0.717, 1.165) is 12.3 Å². The Labute approximate surface area is 68.4 Å². The first kappa shape index (κ1) is 9.83. The summed E-state index contributed by atoms with van der Waals surface area (Å²) >= 11 is 1.74. The molecule has 0 nitrogen and oxygen atoms in total. The van der Waals surface area contributed by atoms with E-state index in [9.17, 15) is 0 Å². The van der Waals surface area contributed by atoms with E-state index in [2.05, 4.69) is 32.1 Å². The van der Waals surface area contributed by atoms with E-state index in [1.807, 2.05) is 6.08 Å². The summed E-state index contributed by atoms with van der Waals surface area (Å²) < 4.78 is 0. The van der Waals surface area contributed by atoms with Gasteiger partial charge in [0.25, 0.3) is 0 Å². The second-order valence-electron chi connectivity index (χ2n) is 2.73. The molecule has 0 aromatic carbocycles. The van der Waals surface area contributed by atoms with Crippen molar-refractivity contribution in [3.63, 3.8) is 0 Å². The van der Waals surface area contributed by atoms with E-state index in [0.29, 0.717) is 0 Å². The lowest BCUT2D eigenvalue weighted by Gasteiger charge is -2.03. The van der Waals surface area contributed by atoms with Crippen molar-refractivity contribution in [2.75, 3.05) is 6.26 Å². The van der Waals surface area contributed by atoms with Crippen LogP contribution in [0.2, 0.25) is 0 Å². The standard InChI is InChI=1S/C9H16S/c1-5-9(7-10-4)6-8(2)3/h5,7-8H,1,6H2,2-4H3/b9-7+. The molecule has 0 unspecified atom stereocenters. The molecular weight excluding hydrogens is 140 g/mol. The van der Waals surface area contributed by atoms with Crippen molar-refractivity contribution >= 4 is 11.8 Å². The van der Waals surface area contributed by atoms with E-state index >= 15 is 0 Å². The molecular formula is C9H16S. The van der Waals surface area contributed by atoms with Gasteiger partial charge in [-0.2, -0.15) is 0 Å². The second-order valence-corrected chi connectivity index (χ2v) is 3.44. The highest BCUT2D eigenvalue weighted by Crippen LogP contribution is 2.14. The molecule has 0 aliphatic carbocycles. The highest BCUT2D eigenvalue weighted by atomic mass is 32.2. The van der Waals surface area contributed by atoms with Crippen molar-refractivity contribution in [3.8, 4) is 0 Å². The number of allylic oxidation sites excluding steroid dienone is 2. The lowest BCUT2D eigenvalue weighted by atomic mass is 10.1. The van der Waals surface area contributed by atoms with Crippen LogP contribution in [0.15, 0.2) is 23.6 Å². The SMILES string of the molecule is C=C/C(=C\SC)CC(C)C. The van der Waals surface area contributed by atoms with Gasteiger partial charge in [-0.15, -0.1) is 11.8 Å². The molecule has 0 rings (SSSR count). The molecule has 0 aromatic rings. The highest BCUT2D eigenvalue weighted by molar-refractivity contribution is 8.01. The molecule has 0 N–H and O–H groups in total. The minimum absolute atomic E-state index is 0.733. The van der Waals surface area contributed by atoms with E-state index in [1.165, 1.54) is 5.57 Å². The Hall–Kier alpha value is -0.170. The summed E-state index contributed by atoms with van der Waals surface area (Å²) in [6.45, 7) is 8.19. The van der Waals surface area contributed by atoms with Gasteiger partial charge in [0.15, 0.2) is 0 Å². The second kappa shape index (κ2) is 5.60. The van der Waals surface area contributed by atoms with Gasteiger partial charge in [0, 0.05) is 0 Å². The van der Waals surface area contributed by atoms with Crippen LogP contribution in [0.4, 0.5) is 0 Å². The van der Waals surface area contributed by atoms with Gasteiger partial charge in [-0.3, -0.25) is 0 Å². The van der Waals surface area contributed by atoms with Gasteiger partial charge in [-0.05, 0) is 29.6 Å². The smallest absolute Gasteiger partial charge is 0.0142 e. The number of thioether (sulfide) groups is 1. The molecule has 0 amide bonds. The van der Waals surface area contributed by atoms with Crippen LogP contribution in [0, 0.1) is 5.92 Å². The van der Waals surface area contributed by atoms with Crippen LogP contribution in [-0.4, -0.2) is 6.26 Å². The van der Waals surface area contributed by atoms with Crippen LogP contribution >= 0.6 is 11.8 Å². The molecule has 0 atom stereocenters. The normalized spacial score (nSPS) is 12.2. The summed E-state index contributed by atoms with van der Waals surface area (Å²) in [5, 5.41) is 2.16. The van der Waals surface area contributed by atoms with E-state index in [-0.39, 0.29) is 0 Å². The predicted octanol–water partition coefficient (Wildman–Crippen LogP) is 3.47. The molecule has 0 saturated carbocycles. The molecule has 0 heterocycles. The zero-order valence-electron chi connectivity index (χ0n) is 7.05. The number of hydrogen-bond acceptors (Lipinski definition) is 1. The summed E-state index contributed by atoms with van der Waals surface area (Å²) in [5.74, 6) is 0.733. The largest absolute Gasteiger partial charge is 0.137 e. The van der Waals surface area contributed by atoms with Crippen LogP contribution in [0.5, 0.6) is 0 Å². The predicted molar refractivity (Wildman–Crippen MR) is 51.3 cm³/mol. The third-order valence-corrected chi connectivity index (χ3v) is 1.71. The van der Waals surface area contributed by atoms with E-state index in [4.69, 9.17) is 0 Å². The molecule has 0 aliphatic rings. The van der Waals surface area contributed by atoms with Crippen molar-refractivity contribution in [1.82, 2.24) is 0 Å². The molecule has 1 heteroatoms. The third-order valence-electron chi connectivity index (χ3n) is 1.18. The van der Waals surface area contributed by atoms with Crippen LogP contribution in [0.3, 0.4) is 0 Å². The molecule has 0 fully saturated rings. The number of rotatable bonds is 4. The summed E-state index contributed by atoms with van der Waals surface area (Å²) in [7, 11) is 0. The first-order valence-corrected chi connectivity index (χ1v) is 4.83. The van der Waals surface area contributed by atoms with Crippen LogP contribution in [0.1, 0.15) is 20.3 Å². The van der Waals surface area contributed by atoms with Crippen molar-refractivity contribution in [2.24, 2.45) is 5.92 Å². The zero-order chi connectivity index (χ0) is 7.98. The fourth-order valence-corrected chi connectivity index (χ4v) is 1.30. The molecule has 0 aliphatic heterocycles. The van der Waals surface area contributed by atoms with Gasteiger partial charge < -0.3 is 0 Å². The van der Waals surface area contributed by atoms with Crippen LogP contribution < -0.4 is 0 Å². The third kappa shape index (κ3) is 4.68. The Bertz CT molecular complexity index is 123.